The van der Waals surface area contributed by atoms with E-state index in [2.05, 4.69) is 10.3 Å². The Hall–Kier alpha value is -5.25. The summed E-state index contributed by atoms with van der Waals surface area (Å²) in [5.74, 6) is -9.27. The Labute approximate surface area is 384 Å². The molecule has 5 fully saturated rings. The normalized spacial score (nSPS) is 35.0. The number of carbonyl (C=O) groups is 8. The fourth-order valence-corrected chi connectivity index (χ4v) is 8.00. The zero-order valence-electron chi connectivity index (χ0n) is 39.0. The van der Waals surface area contributed by atoms with Crippen LogP contribution in [0.25, 0.3) is 0 Å². The van der Waals surface area contributed by atoms with Crippen molar-refractivity contribution in [1.82, 2.24) is 5.32 Å². The van der Waals surface area contributed by atoms with Gasteiger partial charge in [0.15, 0.2) is 66.9 Å². The first-order valence-corrected chi connectivity index (χ1v) is 21.2. The second-order valence-corrected chi connectivity index (χ2v) is 16.8. The molecule has 5 aliphatic heterocycles. The van der Waals surface area contributed by atoms with Crippen LogP contribution in [0.2, 0.25) is 0 Å². The van der Waals surface area contributed by atoms with Gasteiger partial charge in [0.25, 0.3) is 6.02 Å². The first-order chi connectivity index (χ1) is 31.2. The molecule has 0 aromatic carbocycles. The number of rotatable bonds is 14. The van der Waals surface area contributed by atoms with Gasteiger partial charge in [0.2, 0.25) is 0 Å². The van der Waals surface area contributed by atoms with E-state index in [9.17, 15) is 38.4 Å². The number of nitrogens with zero attached hydrogens (tertiary/aromatic N) is 1. The van der Waals surface area contributed by atoms with Crippen LogP contribution in [0, 0.1) is 0 Å². The molecule has 5 aliphatic rings. The summed E-state index contributed by atoms with van der Waals surface area (Å²) in [5, 5.41) is 2.84. The van der Waals surface area contributed by atoms with Crippen LogP contribution in [0.15, 0.2) is 4.99 Å². The highest BCUT2D eigenvalue weighted by atomic mass is 16.9. The van der Waals surface area contributed by atoms with Crippen molar-refractivity contribution in [1.29, 1.82) is 0 Å². The average Bonchev–Trinajstić information content (AvgIpc) is 3.69. The molecule has 376 valence electrons. The zero-order chi connectivity index (χ0) is 49.7. The van der Waals surface area contributed by atoms with Gasteiger partial charge < -0.3 is 81.1 Å². The van der Waals surface area contributed by atoms with Crippen molar-refractivity contribution >= 4 is 53.8 Å². The lowest BCUT2D eigenvalue weighted by Crippen LogP contribution is -2.66. The van der Waals surface area contributed by atoms with Crippen LogP contribution in [-0.4, -0.2) is 177 Å². The van der Waals surface area contributed by atoms with Crippen molar-refractivity contribution in [2.45, 2.75) is 187 Å². The Morgan fingerprint density at radius 1 is 0.433 bits per heavy atom. The quantitative estimate of drug-likeness (QED) is 0.0994. The third-order valence-electron chi connectivity index (χ3n) is 10.1. The fourth-order valence-electron chi connectivity index (χ4n) is 8.00. The van der Waals surface area contributed by atoms with Gasteiger partial charge in [0.1, 0.15) is 56.4 Å². The van der Waals surface area contributed by atoms with Crippen LogP contribution in [-0.2, 0) is 114 Å². The Morgan fingerprint density at radius 3 is 1.34 bits per heavy atom. The van der Waals surface area contributed by atoms with Crippen LogP contribution in [0.4, 0.5) is 0 Å². The van der Waals surface area contributed by atoms with E-state index in [4.69, 9.17) is 75.8 Å². The monoisotopic (exact) mass is 962 g/mol. The maximum atomic E-state index is 12.7. The molecule has 15 atom stereocenters. The first kappa shape index (κ1) is 52.7. The van der Waals surface area contributed by atoms with Crippen molar-refractivity contribution < 1.29 is 114 Å². The van der Waals surface area contributed by atoms with Crippen LogP contribution in [0.1, 0.15) is 83.1 Å². The van der Waals surface area contributed by atoms with Gasteiger partial charge in [-0.05, 0) is 27.7 Å². The topological polar surface area (TPSA) is 309 Å². The first-order valence-electron chi connectivity index (χ1n) is 21.2. The summed E-state index contributed by atoms with van der Waals surface area (Å²) in [6, 6.07) is -0.605. The molecule has 0 aromatic rings. The molecular weight excluding hydrogens is 904 g/mol. The summed E-state index contributed by atoms with van der Waals surface area (Å²) < 4.78 is 93.6. The Bertz CT molecular complexity index is 1910. The summed E-state index contributed by atoms with van der Waals surface area (Å²) in [5.41, 5.74) is 0. The number of hydrogen-bond donors (Lipinski definition) is 1. The van der Waals surface area contributed by atoms with Gasteiger partial charge in [-0.3, -0.25) is 38.4 Å². The summed E-state index contributed by atoms with van der Waals surface area (Å²) >= 11 is 0. The van der Waals surface area contributed by atoms with Crippen LogP contribution < -0.4 is 5.32 Å². The molecule has 0 amide bonds. The number of esters is 8. The minimum absolute atomic E-state index is 0.476. The molecule has 0 saturated carbocycles. The minimum atomic E-state index is -1.81. The predicted octanol–water partition coefficient (Wildman–Crippen LogP) is -0.489. The van der Waals surface area contributed by atoms with Gasteiger partial charge in [0, 0.05) is 55.4 Å². The average molecular weight is 963 g/mol. The van der Waals surface area contributed by atoms with Crippen molar-refractivity contribution in [3.05, 3.63) is 0 Å². The van der Waals surface area contributed by atoms with Gasteiger partial charge in [-0.2, -0.15) is 4.99 Å². The molecule has 5 rings (SSSR count). The molecule has 67 heavy (non-hydrogen) atoms. The number of amidine groups is 1. The molecule has 0 bridgehead atoms. The van der Waals surface area contributed by atoms with E-state index in [1.54, 1.807) is 27.7 Å². The number of nitrogens with one attached hydrogen (secondary N) is 1. The lowest BCUT2D eigenvalue weighted by atomic mass is 9.97. The molecule has 1 N–H and O–H groups in total. The molecule has 26 heteroatoms. The lowest BCUT2D eigenvalue weighted by Gasteiger charge is -2.45. The number of ether oxygens (including phenoxy) is 16. The van der Waals surface area contributed by atoms with E-state index >= 15 is 0 Å². The number of fused-ring (bicyclic) bond motifs is 3. The Morgan fingerprint density at radius 2 is 0.836 bits per heavy atom. The highest BCUT2D eigenvalue weighted by Gasteiger charge is 2.61. The van der Waals surface area contributed by atoms with Crippen LogP contribution in [0.5, 0.6) is 0 Å². The minimum Gasteiger partial charge on any atom is -0.463 e. The third kappa shape index (κ3) is 14.1. The molecule has 0 spiro atoms. The van der Waals surface area contributed by atoms with Gasteiger partial charge in [-0.15, -0.1) is 0 Å². The maximum Gasteiger partial charge on any atom is 0.303 e. The molecule has 0 aliphatic carbocycles. The van der Waals surface area contributed by atoms with E-state index < -0.39 is 177 Å². The molecule has 0 radical (unpaired) electrons. The molecule has 0 aromatic heterocycles. The maximum absolute atomic E-state index is 12.7. The molecule has 5 saturated heterocycles. The van der Waals surface area contributed by atoms with E-state index in [0.717, 1.165) is 55.4 Å². The smallest absolute Gasteiger partial charge is 0.303 e. The zero-order valence-corrected chi connectivity index (χ0v) is 39.0. The van der Waals surface area contributed by atoms with Crippen LogP contribution >= 0.6 is 0 Å². The summed E-state index contributed by atoms with van der Waals surface area (Å²) in [4.78, 5) is 104. The number of carbonyl (C=O) groups excluding carboxylic acids is 8. The van der Waals surface area contributed by atoms with Crippen molar-refractivity contribution in [2.75, 3.05) is 19.8 Å². The third-order valence-corrected chi connectivity index (χ3v) is 10.1. The van der Waals surface area contributed by atoms with E-state index in [-0.39, 0.29) is 0 Å². The van der Waals surface area contributed by atoms with Gasteiger partial charge >= 0.3 is 47.8 Å². The van der Waals surface area contributed by atoms with Crippen molar-refractivity contribution in [2.24, 2.45) is 4.99 Å². The predicted molar refractivity (Wildman–Crippen MR) is 213 cm³/mol. The lowest BCUT2D eigenvalue weighted by molar-refractivity contribution is -0.256. The van der Waals surface area contributed by atoms with Gasteiger partial charge in [0.05, 0.1) is 0 Å². The van der Waals surface area contributed by atoms with E-state index in [1.807, 2.05) is 0 Å². The Kier molecular flexibility index (Phi) is 17.1. The second kappa shape index (κ2) is 21.8. The number of aliphatic imine (C=N–C) groups is 1. The van der Waals surface area contributed by atoms with Gasteiger partial charge in [-0.25, -0.2) is 0 Å². The van der Waals surface area contributed by atoms with E-state index in [1.165, 1.54) is 0 Å². The van der Waals surface area contributed by atoms with E-state index in [0.29, 0.717) is 0 Å². The molecule has 0 unspecified atom stereocenters. The fraction of sp³-hybridized carbons (Fsp3) is 0.780. The molecule has 5 heterocycles. The summed E-state index contributed by atoms with van der Waals surface area (Å²) in [7, 11) is 0. The summed E-state index contributed by atoms with van der Waals surface area (Å²) in [6.07, 6.45) is -20.7. The van der Waals surface area contributed by atoms with Crippen LogP contribution in [0.3, 0.4) is 0 Å². The molecule has 26 nitrogen and oxygen atoms in total. The number of hydrogen-bond acceptors (Lipinski definition) is 25. The second-order valence-electron chi connectivity index (χ2n) is 16.8. The summed E-state index contributed by atoms with van der Waals surface area (Å²) in [6.45, 7) is 13.5. The van der Waals surface area contributed by atoms with Crippen molar-refractivity contribution in [3.63, 3.8) is 0 Å². The highest BCUT2D eigenvalue weighted by molar-refractivity contribution is 5.75. The standard InChI is InChI=1S/C41H58N2O24/c1-16(44)52-13-24-27(55-18(3)46)30(57-20(5)48)33(59-22(7)50)36(61-24)42-39(54-15-26-29-32(65-40(9,10)64-29)35-38(63-26)67-41(11,12)66-35)43-37-34(60-23(8)51)31(58-21(6)49)28(56-19(4)47)25(62-37)14-53-17(2)45/h24-38H,13-15H2,1-12H3,(H,42,43)/t24-,25-,26-,27-,28-,29+,30+,31+,32+,33-,34-,35-,36-,37-,38-/m1/s1. The highest BCUT2D eigenvalue weighted by Crippen LogP contribution is 2.44. The van der Waals surface area contributed by atoms with Gasteiger partial charge in [-0.1, -0.05) is 0 Å². The molecular formula is C41H58N2O24. The van der Waals surface area contributed by atoms with Crippen molar-refractivity contribution in [3.8, 4) is 0 Å². The SMILES string of the molecule is CC(=O)OC[C@H]1O[C@@H](/N=C(/N[C@@H]2O[C@H](COC(C)=O)[C@@H](OC(C)=O)[C@H](OC(C)=O)[C@H]2OC(C)=O)OC[C@H]2O[C@@H]3OC(C)(C)O[C@@H]3[C@H]3OC(C)(C)O[C@H]32)[C@H](OC(C)=O)[C@@H](OC(C)=O)[C@@H]1OC(C)=O. The largest absolute Gasteiger partial charge is 0.463 e. The Balaban J connectivity index is 1.65.